The highest BCUT2D eigenvalue weighted by atomic mass is 16.5. The molecule has 1 aromatic carbocycles. The number of benzene rings is 1. The number of hydrogen-bond donors (Lipinski definition) is 2. The average Bonchev–Trinajstić information content (AvgIpc) is 2.82. The fourth-order valence-electron chi connectivity index (χ4n) is 2.21. The summed E-state index contributed by atoms with van der Waals surface area (Å²) in [5.41, 5.74) is 4.67. The lowest BCUT2D eigenvalue weighted by atomic mass is 10.1. The average molecular weight is 220 g/mol. The summed E-state index contributed by atoms with van der Waals surface area (Å²) in [7, 11) is 0. The van der Waals surface area contributed by atoms with E-state index in [2.05, 4.69) is 34.6 Å². The number of nitrogens with one attached hydrogen (secondary N) is 1. The molecule has 88 valence electrons. The van der Waals surface area contributed by atoms with Crippen molar-refractivity contribution in [2.24, 2.45) is 0 Å². The van der Waals surface area contributed by atoms with Crippen LogP contribution in [0.2, 0.25) is 0 Å². The van der Waals surface area contributed by atoms with Gasteiger partial charge in [-0.15, -0.1) is 0 Å². The van der Waals surface area contributed by atoms with Crippen LogP contribution in [0.5, 0.6) is 0 Å². The lowest BCUT2D eigenvalue weighted by Gasteiger charge is -2.14. The zero-order valence-corrected chi connectivity index (χ0v) is 9.65. The van der Waals surface area contributed by atoms with E-state index < -0.39 is 0 Å². The van der Waals surface area contributed by atoms with Crippen molar-refractivity contribution in [2.45, 2.75) is 25.8 Å². The van der Waals surface area contributed by atoms with Gasteiger partial charge in [-0.25, -0.2) is 5.48 Å². The first-order chi connectivity index (χ1) is 7.88. The molecule has 0 aromatic heterocycles. The van der Waals surface area contributed by atoms with Gasteiger partial charge in [0.2, 0.25) is 0 Å². The van der Waals surface area contributed by atoms with Crippen molar-refractivity contribution >= 4 is 0 Å². The molecule has 0 atom stereocenters. The number of hydroxylamine groups is 1. The predicted octanol–water partition coefficient (Wildman–Crippen LogP) is 1.80. The van der Waals surface area contributed by atoms with E-state index in [4.69, 9.17) is 5.21 Å². The van der Waals surface area contributed by atoms with E-state index in [9.17, 15) is 0 Å². The molecule has 0 aliphatic carbocycles. The first-order valence-electron chi connectivity index (χ1n) is 6.05. The van der Waals surface area contributed by atoms with Crippen molar-refractivity contribution in [1.29, 1.82) is 0 Å². The maximum Gasteiger partial charge on any atom is 0.0458 e. The molecule has 1 aliphatic rings. The van der Waals surface area contributed by atoms with E-state index in [-0.39, 0.29) is 0 Å². The largest absolute Gasteiger partial charge is 0.316 e. The monoisotopic (exact) mass is 220 g/mol. The summed E-state index contributed by atoms with van der Waals surface area (Å²) in [5, 5.41) is 8.58. The summed E-state index contributed by atoms with van der Waals surface area (Å²) in [5.74, 6) is 0. The Labute approximate surface area is 97.0 Å². The van der Waals surface area contributed by atoms with Crippen LogP contribution in [0.25, 0.3) is 0 Å². The maximum atomic E-state index is 8.58. The Balaban J connectivity index is 1.80. The van der Waals surface area contributed by atoms with Crippen molar-refractivity contribution in [3.8, 4) is 0 Å². The number of rotatable bonds is 5. The number of likely N-dealkylation sites (tertiary alicyclic amines) is 1. The van der Waals surface area contributed by atoms with Crippen LogP contribution >= 0.6 is 0 Å². The Morgan fingerprint density at radius 1 is 1.06 bits per heavy atom. The van der Waals surface area contributed by atoms with E-state index in [0.29, 0.717) is 6.54 Å². The number of nitrogens with zero attached hydrogens (tertiary/aromatic N) is 1. The molecule has 0 spiro atoms. The SMILES string of the molecule is ONCc1ccc(CCN2CCCC2)cc1. The summed E-state index contributed by atoms with van der Waals surface area (Å²) in [4.78, 5) is 2.53. The molecule has 0 amide bonds. The van der Waals surface area contributed by atoms with Gasteiger partial charge in [-0.05, 0) is 43.5 Å². The molecule has 1 aromatic rings. The molecule has 1 saturated heterocycles. The van der Waals surface area contributed by atoms with Crippen molar-refractivity contribution < 1.29 is 5.21 Å². The Morgan fingerprint density at radius 3 is 2.31 bits per heavy atom. The Morgan fingerprint density at radius 2 is 1.69 bits per heavy atom. The molecule has 0 bridgehead atoms. The van der Waals surface area contributed by atoms with Crippen LogP contribution in [0.1, 0.15) is 24.0 Å². The highest BCUT2D eigenvalue weighted by molar-refractivity contribution is 5.22. The lowest BCUT2D eigenvalue weighted by Crippen LogP contribution is -2.21. The minimum absolute atomic E-state index is 0.520. The zero-order chi connectivity index (χ0) is 11.2. The van der Waals surface area contributed by atoms with Crippen molar-refractivity contribution in [3.05, 3.63) is 35.4 Å². The smallest absolute Gasteiger partial charge is 0.0458 e. The molecule has 0 unspecified atom stereocenters. The van der Waals surface area contributed by atoms with E-state index in [1.807, 2.05) is 0 Å². The minimum Gasteiger partial charge on any atom is -0.316 e. The van der Waals surface area contributed by atoms with Gasteiger partial charge in [0.1, 0.15) is 0 Å². The summed E-state index contributed by atoms with van der Waals surface area (Å²) in [6.45, 7) is 4.24. The van der Waals surface area contributed by atoms with E-state index in [1.165, 1.54) is 38.0 Å². The zero-order valence-electron chi connectivity index (χ0n) is 9.65. The van der Waals surface area contributed by atoms with Crippen LogP contribution in [0.3, 0.4) is 0 Å². The summed E-state index contributed by atoms with van der Waals surface area (Å²) in [6, 6.07) is 8.45. The second-order valence-corrected chi connectivity index (χ2v) is 4.45. The van der Waals surface area contributed by atoms with E-state index >= 15 is 0 Å². The van der Waals surface area contributed by atoms with Crippen LogP contribution in [0.15, 0.2) is 24.3 Å². The Bertz CT molecular complexity index is 304. The van der Waals surface area contributed by atoms with Gasteiger partial charge in [0, 0.05) is 13.1 Å². The molecule has 1 aliphatic heterocycles. The topological polar surface area (TPSA) is 35.5 Å². The molecule has 2 rings (SSSR count). The van der Waals surface area contributed by atoms with Crippen LogP contribution in [0.4, 0.5) is 0 Å². The predicted molar refractivity (Wildman–Crippen MR) is 64.4 cm³/mol. The molecular weight excluding hydrogens is 200 g/mol. The fraction of sp³-hybridized carbons (Fsp3) is 0.538. The second kappa shape index (κ2) is 5.99. The van der Waals surface area contributed by atoms with E-state index in [1.54, 1.807) is 0 Å². The normalized spacial score (nSPS) is 16.8. The van der Waals surface area contributed by atoms with Gasteiger partial charge in [-0.3, -0.25) is 0 Å². The lowest BCUT2D eigenvalue weighted by molar-refractivity contribution is 0.161. The van der Waals surface area contributed by atoms with Gasteiger partial charge in [0.15, 0.2) is 0 Å². The van der Waals surface area contributed by atoms with Crippen molar-refractivity contribution in [3.63, 3.8) is 0 Å². The van der Waals surface area contributed by atoms with Crippen molar-refractivity contribution in [1.82, 2.24) is 10.4 Å². The molecule has 0 saturated carbocycles. The molecule has 16 heavy (non-hydrogen) atoms. The van der Waals surface area contributed by atoms with Crippen molar-refractivity contribution in [2.75, 3.05) is 19.6 Å². The summed E-state index contributed by atoms with van der Waals surface area (Å²) >= 11 is 0. The Hall–Kier alpha value is -0.900. The molecule has 2 N–H and O–H groups in total. The van der Waals surface area contributed by atoms with Gasteiger partial charge in [-0.1, -0.05) is 24.3 Å². The molecule has 3 heteroatoms. The van der Waals surface area contributed by atoms with E-state index in [0.717, 1.165) is 12.0 Å². The Kier molecular flexibility index (Phi) is 4.34. The molecule has 0 radical (unpaired) electrons. The molecular formula is C13H20N2O. The van der Waals surface area contributed by atoms with Gasteiger partial charge in [-0.2, -0.15) is 0 Å². The minimum atomic E-state index is 0.520. The maximum absolute atomic E-state index is 8.58. The first-order valence-corrected chi connectivity index (χ1v) is 6.05. The first kappa shape index (κ1) is 11.6. The molecule has 1 heterocycles. The third-order valence-corrected chi connectivity index (χ3v) is 3.22. The van der Waals surface area contributed by atoms with Crippen LogP contribution in [-0.4, -0.2) is 29.7 Å². The molecule has 3 nitrogen and oxygen atoms in total. The van der Waals surface area contributed by atoms with Gasteiger partial charge < -0.3 is 10.1 Å². The highest BCUT2D eigenvalue weighted by Gasteiger charge is 2.10. The standard InChI is InChI=1S/C13H20N2O/c16-14-11-13-5-3-12(4-6-13)7-10-15-8-1-2-9-15/h3-6,14,16H,1-2,7-11H2. The summed E-state index contributed by atoms with van der Waals surface area (Å²) < 4.78 is 0. The van der Waals surface area contributed by atoms with Crippen LogP contribution in [0, 0.1) is 0 Å². The fourth-order valence-corrected chi connectivity index (χ4v) is 2.21. The van der Waals surface area contributed by atoms with Crippen LogP contribution < -0.4 is 5.48 Å². The van der Waals surface area contributed by atoms with Crippen LogP contribution in [-0.2, 0) is 13.0 Å². The van der Waals surface area contributed by atoms with Gasteiger partial charge in [0.05, 0.1) is 0 Å². The number of hydrogen-bond acceptors (Lipinski definition) is 3. The summed E-state index contributed by atoms with van der Waals surface area (Å²) in [6.07, 6.45) is 3.86. The highest BCUT2D eigenvalue weighted by Crippen LogP contribution is 2.10. The second-order valence-electron chi connectivity index (χ2n) is 4.45. The van der Waals surface area contributed by atoms with Gasteiger partial charge in [0.25, 0.3) is 0 Å². The third kappa shape index (κ3) is 3.30. The quantitative estimate of drug-likeness (QED) is 0.743. The van der Waals surface area contributed by atoms with Gasteiger partial charge >= 0.3 is 0 Å². The molecule has 1 fully saturated rings. The third-order valence-electron chi connectivity index (χ3n) is 3.22.